The second-order valence-corrected chi connectivity index (χ2v) is 6.46. The fourth-order valence-electron chi connectivity index (χ4n) is 2.08. The lowest BCUT2D eigenvalue weighted by Gasteiger charge is -2.24. The van der Waals surface area contributed by atoms with E-state index in [-0.39, 0.29) is 0 Å². The average Bonchev–Trinajstić information content (AvgIpc) is 2.96. The van der Waals surface area contributed by atoms with Gasteiger partial charge in [0.1, 0.15) is 5.82 Å². The maximum absolute atomic E-state index is 4.63. The van der Waals surface area contributed by atoms with Crippen molar-refractivity contribution in [2.45, 2.75) is 26.9 Å². The van der Waals surface area contributed by atoms with Crippen LogP contribution >= 0.6 is 27.3 Å². The molecule has 0 spiro atoms. The Bertz CT molecular complexity index is 528. The predicted molar refractivity (Wildman–Crippen MR) is 90.4 cm³/mol. The average molecular weight is 354 g/mol. The lowest BCUT2D eigenvalue weighted by atomic mass is 10.2. The summed E-state index contributed by atoms with van der Waals surface area (Å²) >= 11 is 5.31. The van der Waals surface area contributed by atoms with Crippen LogP contribution in [0.1, 0.15) is 24.3 Å². The van der Waals surface area contributed by atoms with Gasteiger partial charge in [0, 0.05) is 34.2 Å². The molecule has 2 rings (SSSR count). The maximum atomic E-state index is 4.63. The summed E-state index contributed by atoms with van der Waals surface area (Å²) in [7, 11) is 0. The Labute approximate surface area is 133 Å². The van der Waals surface area contributed by atoms with Gasteiger partial charge >= 0.3 is 0 Å². The molecule has 0 aliphatic heterocycles. The van der Waals surface area contributed by atoms with Gasteiger partial charge in [-0.25, -0.2) is 4.98 Å². The summed E-state index contributed by atoms with van der Waals surface area (Å²) in [5, 5.41) is 5.51. The molecule has 2 heterocycles. The topological polar surface area (TPSA) is 28.2 Å². The molecule has 0 fully saturated rings. The van der Waals surface area contributed by atoms with Crippen molar-refractivity contribution >= 4 is 33.1 Å². The number of halogens is 1. The van der Waals surface area contributed by atoms with Crippen LogP contribution in [0.2, 0.25) is 0 Å². The molecule has 20 heavy (non-hydrogen) atoms. The number of pyridine rings is 1. The summed E-state index contributed by atoms with van der Waals surface area (Å²) in [4.78, 5) is 8.32. The van der Waals surface area contributed by atoms with E-state index >= 15 is 0 Å². The second kappa shape index (κ2) is 7.76. The van der Waals surface area contributed by atoms with Crippen LogP contribution in [0.25, 0.3) is 0 Å². The fourth-order valence-corrected chi connectivity index (χ4v) is 3.17. The zero-order valence-electron chi connectivity index (χ0n) is 11.9. The first-order valence-electron chi connectivity index (χ1n) is 6.87. The van der Waals surface area contributed by atoms with Crippen molar-refractivity contribution in [2.24, 2.45) is 0 Å². The molecule has 0 saturated heterocycles. The first kappa shape index (κ1) is 15.5. The highest BCUT2D eigenvalue weighted by molar-refractivity contribution is 9.10. The van der Waals surface area contributed by atoms with Crippen LogP contribution in [0, 0.1) is 0 Å². The van der Waals surface area contributed by atoms with Gasteiger partial charge in [-0.05, 0) is 46.9 Å². The molecule has 0 atom stereocenters. The third-order valence-corrected chi connectivity index (χ3v) is 4.38. The molecule has 0 aromatic carbocycles. The van der Waals surface area contributed by atoms with E-state index in [0.29, 0.717) is 0 Å². The fraction of sp³-hybridized carbons (Fsp3) is 0.400. The quantitative estimate of drug-likeness (QED) is 0.813. The van der Waals surface area contributed by atoms with Crippen LogP contribution in [0.5, 0.6) is 0 Å². The zero-order chi connectivity index (χ0) is 14.4. The normalized spacial score (nSPS) is 10.8. The van der Waals surface area contributed by atoms with E-state index in [2.05, 4.69) is 68.6 Å². The molecule has 2 aromatic rings. The lowest BCUT2D eigenvalue weighted by Crippen LogP contribution is -2.25. The van der Waals surface area contributed by atoms with Crippen molar-refractivity contribution in [3.63, 3.8) is 0 Å². The lowest BCUT2D eigenvalue weighted by molar-refractivity contribution is 0.713. The summed E-state index contributed by atoms with van der Waals surface area (Å²) < 4.78 is 1.03. The summed E-state index contributed by atoms with van der Waals surface area (Å²) in [5.74, 6) is 1.07. The Morgan fingerprint density at radius 3 is 2.90 bits per heavy atom. The highest BCUT2D eigenvalue weighted by Gasteiger charge is 2.12. The number of aromatic nitrogens is 1. The van der Waals surface area contributed by atoms with Crippen molar-refractivity contribution in [3.05, 3.63) is 44.7 Å². The Morgan fingerprint density at radius 2 is 2.25 bits per heavy atom. The summed E-state index contributed by atoms with van der Waals surface area (Å²) in [6.45, 7) is 7.97. The first-order chi connectivity index (χ1) is 9.74. The van der Waals surface area contributed by atoms with Crippen molar-refractivity contribution in [2.75, 3.05) is 18.0 Å². The Hall–Kier alpha value is -0.910. The summed E-state index contributed by atoms with van der Waals surface area (Å²) in [6.07, 6.45) is 1.88. The number of thiophene rings is 1. The van der Waals surface area contributed by atoms with Gasteiger partial charge in [-0.2, -0.15) is 0 Å². The molecule has 0 saturated carbocycles. The molecule has 108 valence electrons. The zero-order valence-corrected chi connectivity index (χ0v) is 14.3. The minimum Gasteiger partial charge on any atom is -0.351 e. The van der Waals surface area contributed by atoms with Crippen LogP contribution in [-0.2, 0) is 13.1 Å². The minimum atomic E-state index is 0.846. The number of anilines is 1. The largest absolute Gasteiger partial charge is 0.351 e. The highest BCUT2D eigenvalue weighted by atomic mass is 79.9. The van der Waals surface area contributed by atoms with E-state index < -0.39 is 0 Å². The highest BCUT2D eigenvalue weighted by Crippen LogP contribution is 2.24. The molecule has 0 unspecified atom stereocenters. The number of hydrogen-bond donors (Lipinski definition) is 1. The van der Waals surface area contributed by atoms with Gasteiger partial charge in [0.15, 0.2) is 0 Å². The van der Waals surface area contributed by atoms with Gasteiger partial charge in [0.05, 0.1) is 6.54 Å². The van der Waals surface area contributed by atoms with Gasteiger partial charge in [-0.15, -0.1) is 11.3 Å². The van der Waals surface area contributed by atoms with Crippen molar-refractivity contribution in [1.82, 2.24) is 10.3 Å². The molecule has 2 aromatic heterocycles. The third kappa shape index (κ3) is 4.04. The summed E-state index contributed by atoms with van der Waals surface area (Å²) in [6, 6.07) is 6.43. The van der Waals surface area contributed by atoms with Gasteiger partial charge < -0.3 is 10.2 Å². The van der Waals surface area contributed by atoms with Crippen LogP contribution in [0.15, 0.2) is 34.2 Å². The minimum absolute atomic E-state index is 0.846. The van der Waals surface area contributed by atoms with E-state index in [0.717, 1.165) is 36.5 Å². The predicted octanol–water partition coefficient (Wildman–Crippen LogP) is 4.04. The van der Waals surface area contributed by atoms with Gasteiger partial charge in [-0.1, -0.05) is 13.0 Å². The molecule has 0 aliphatic carbocycles. The van der Waals surface area contributed by atoms with Gasteiger partial charge in [-0.3, -0.25) is 0 Å². The van der Waals surface area contributed by atoms with E-state index in [1.165, 1.54) is 10.4 Å². The molecular weight excluding hydrogens is 334 g/mol. The molecule has 0 amide bonds. The van der Waals surface area contributed by atoms with E-state index in [1.807, 2.05) is 6.20 Å². The number of nitrogens with zero attached hydrogens (tertiary/aromatic N) is 2. The molecule has 3 nitrogen and oxygen atoms in total. The monoisotopic (exact) mass is 353 g/mol. The SMILES string of the molecule is CCNCc1cc(Br)cnc1N(CC)Cc1cccs1. The van der Waals surface area contributed by atoms with Crippen LogP contribution < -0.4 is 10.2 Å². The molecule has 0 aliphatic rings. The van der Waals surface area contributed by atoms with E-state index in [1.54, 1.807) is 11.3 Å². The van der Waals surface area contributed by atoms with Crippen LogP contribution in [0.4, 0.5) is 5.82 Å². The number of hydrogen-bond acceptors (Lipinski definition) is 4. The van der Waals surface area contributed by atoms with Crippen molar-refractivity contribution in [3.8, 4) is 0 Å². The number of rotatable bonds is 7. The Balaban J connectivity index is 2.23. The van der Waals surface area contributed by atoms with E-state index in [9.17, 15) is 0 Å². The second-order valence-electron chi connectivity index (χ2n) is 4.51. The van der Waals surface area contributed by atoms with Gasteiger partial charge in [0.25, 0.3) is 0 Å². The van der Waals surface area contributed by atoms with Crippen LogP contribution in [0.3, 0.4) is 0 Å². The molecule has 1 N–H and O–H groups in total. The standard InChI is InChI=1S/C15H20BrN3S/c1-3-17-9-12-8-13(16)10-18-15(12)19(4-2)11-14-6-5-7-20-14/h5-8,10,17H,3-4,9,11H2,1-2H3. The summed E-state index contributed by atoms with van der Waals surface area (Å²) in [5.41, 5.74) is 1.24. The Kier molecular flexibility index (Phi) is 6.01. The van der Waals surface area contributed by atoms with Crippen molar-refractivity contribution in [1.29, 1.82) is 0 Å². The third-order valence-electron chi connectivity index (χ3n) is 3.08. The van der Waals surface area contributed by atoms with E-state index in [4.69, 9.17) is 0 Å². The maximum Gasteiger partial charge on any atom is 0.133 e. The smallest absolute Gasteiger partial charge is 0.133 e. The molecule has 0 bridgehead atoms. The molecular formula is C15H20BrN3S. The number of nitrogens with one attached hydrogen (secondary N) is 1. The van der Waals surface area contributed by atoms with Crippen molar-refractivity contribution < 1.29 is 0 Å². The Morgan fingerprint density at radius 1 is 1.40 bits per heavy atom. The van der Waals surface area contributed by atoms with Gasteiger partial charge in [0.2, 0.25) is 0 Å². The van der Waals surface area contributed by atoms with Crippen LogP contribution in [-0.4, -0.2) is 18.1 Å². The molecule has 0 radical (unpaired) electrons. The molecule has 5 heteroatoms. The first-order valence-corrected chi connectivity index (χ1v) is 8.54.